The third-order valence-corrected chi connectivity index (χ3v) is 5.13. The molecule has 24 heavy (non-hydrogen) atoms. The SMILES string of the molecule is CC(NC(=O)CN1C(=O)N(C)C2(CCCCC2)C1=O)c1ccco1. The number of nitrogens with zero attached hydrogens (tertiary/aromatic N) is 2. The summed E-state index contributed by atoms with van der Waals surface area (Å²) in [6.07, 6.45) is 5.83. The Morgan fingerprint density at radius 1 is 1.33 bits per heavy atom. The Kier molecular flexibility index (Phi) is 4.34. The zero-order valence-corrected chi connectivity index (χ0v) is 14.1. The van der Waals surface area contributed by atoms with E-state index in [-0.39, 0.29) is 30.4 Å². The molecule has 1 aromatic heterocycles. The molecule has 2 aliphatic rings. The summed E-state index contributed by atoms with van der Waals surface area (Å²) < 4.78 is 5.25. The van der Waals surface area contributed by atoms with Crippen molar-refractivity contribution in [2.24, 2.45) is 0 Å². The summed E-state index contributed by atoms with van der Waals surface area (Å²) >= 11 is 0. The Bertz CT molecular complexity index is 634. The van der Waals surface area contributed by atoms with Crippen LogP contribution >= 0.6 is 0 Å². The van der Waals surface area contributed by atoms with Crippen molar-refractivity contribution < 1.29 is 18.8 Å². The molecule has 3 rings (SSSR count). The number of nitrogens with one attached hydrogen (secondary N) is 1. The molecule has 1 N–H and O–H groups in total. The molecule has 7 nitrogen and oxygen atoms in total. The predicted octanol–water partition coefficient (Wildman–Crippen LogP) is 2.05. The van der Waals surface area contributed by atoms with Gasteiger partial charge in [0.1, 0.15) is 17.8 Å². The van der Waals surface area contributed by atoms with Crippen molar-refractivity contribution >= 4 is 17.8 Å². The lowest BCUT2D eigenvalue weighted by Crippen LogP contribution is -2.49. The quantitative estimate of drug-likeness (QED) is 0.855. The van der Waals surface area contributed by atoms with E-state index in [1.165, 1.54) is 11.2 Å². The van der Waals surface area contributed by atoms with Crippen LogP contribution < -0.4 is 5.32 Å². The Balaban J connectivity index is 1.67. The van der Waals surface area contributed by atoms with Gasteiger partial charge in [0, 0.05) is 7.05 Å². The zero-order chi connectivity index (χ0) is 17.3. The molecule has 0 bridgehead atoms. The largest absolute Gasteiger partial charge is 0.467 e. The van der Waals surface area contributed by atoms with Gasteiger partial charge in [-0.1, -0.05) is 19.3 Å². The van der Waals surface area contributed by atoms with Crippen molar-refractivity contribution in [1.29, 1.82) is 0 Å². The fraction of sp³-hybridized carbons (Fsp3) is 0.588. The van der Waals surface area contributed by atoms with Crippen LogP contribution in [0.5, 0.6) is 0 Å². The summed E-state index contributed by atoms with van der Waals surface area (Å²) in [6, 6.07) is 2.80. The number of imide groups is 1. The van der Waals surface area contributed by atoms with Crippen molar-refractivity contribution in [1.82, 2.24) is 15.1 Å². The van der Waals surface area contributed by atoms with E-state index in [9.17, 15) is 14.4 Å². The van der Waals surface area contributed by atoms with Gasteiger partial charge in [-0.05, 0) is 31.9 Å². The molecular weight excluding hydrogens is 310 g/mol. The first-order chi connectivity index (χ1) is 11.5. The van der Waals surface area contributed by atoms with Crippen LogP contribution in [0.15, 0.2) is 22.8 Å². The summed E-state index contributed by atoms with van der Waals surface area (Å²) in [5.74, 6) is 0.0145. The molecule has 7 heteroatoms. The summed E-state index contributed by atoms with van der Waals surface area (Å²) in [6.45, 7) is 1.54. The van der Waals surface area contributed by atoms with Crippen LogP contribution in [0, 0.1) is 0 Å². The molecule has 1 aliphatic carbocycles. The lowest BCUT2D eigenvalue weighted by atomic mass is 9.81. The number of hydrogen-bond acceptors (Lipinski definition) is 4. The Morgan fingerprint density at radius 3 is 2.67 bits per heavy atom. The van der Waals surface area contributed by atoms with E-state index in [1.807, 2.05) is 0 Å². The maximum absolute atomic E-state index is 12.8. The molecule has 4 amide bonds. The fourth-order valence-electron chi connectivity index (χ4n) is 3.71. The van der Waals surface area contributed by atoms with Gasteiger partial charge in [0.2, 0.25) is 5.91 Å². The number of rotatable bonds is 4. The minimum atomic E-state index is -0.748. The van der Waals surface area contributed by atoms with Gasteiger partial charge in [0.15, 0.2) is 0 Å². The summed E-state index contributed by atoms with van der Waals surface area (Å²) in [7, 11) is 1.66. The molecule has 0 radical (unpaired) electrons. The van der Waals surface area contributed by atoms with Gasteiger partial charge in [-0.15, -0.1) is 0 Å². The topological polar surface area (TPSA) is 82.9 Å². The summed E-state index contributed by atoms with van der Waals surface area (Å²) in [5, 5.41) is 2.76. The molecule has 1 atom stereocenters. The molecule has 1 saturated carbocycles. The normalized spacial score (nSPS) is 21.4. The molecule has 0 aromatic carbocycles. The third-order valence-electron chi connectivity index (χ3n) is 5.13. The van der Waals surface area contributed by atoms with Crippen molar-refractivity contribution in [3.8, 4) is 0 Å². The van der Waals surface area contributed by atoms with Crippen molar-refractivity contribution in [2.45, 2.75) is 50.6 Å². The number of carbonyl (C=O) groups excluding carboxylic acids is 3. The van der Waals surface area contributed by atoms with Crippen LogP contribution in [0.2, 0.25) is 0 Å². The maximum atomic E-state index is 12.8. The average Bonchev–Trinajstić information content (AvgIpc) is 3.17. The molecule has 1 saturated heterocycles. The number of hydrogen-bond donors (Lipinski definition) is 1. The van der Waals surface area contributed by atoms with E-state index < -0.39 is 5.54 Å². The second-order valence-electron chi connectivity index (χ2n) is 6.63. The second kappa shape index (κ2) is 6.30. The highest BCUT2D eigenvalue weighted by atomic mass is 16.3. The number of likely N-dealkylation sites (N-methyl/N-ethyl adjacent to an activating group) is 1. The van der Waals surface area contributed by atoms with Crippen LogP contribution in [0.3, 0.4) is 0 Å². The number of furan rings is 1. The lowest BCUT2D eigenvalue weighted by molar-refractivity contribution is -0.137. The lowest BCUT2D eigenvalue weighted by Gasteiger charge is -2.35. The number of urea groups is 1. The first kappa shape index (κ1) is 16.5. The van der Waals surface area contributed by atoms with E-state index in [4.69, 9.17) is 4.42 Å². The Morgan fingerprint density at radius 2 is 2.04 bits per heavy atom. The van der Waals surface area contributed by atoms with Crippen molar-refractivity contribution in [2.75, 3.05) is 13.6 Å². The van der Waals surface area contributed by atoms with Gasteiger partial charge in [-0.25, -0.2) is 4.79 Å². The zero-order valence-electron chi connectivity index (χ0n) is 14.1. The highest BCUT2D eigenvalue weighted by Gasteiger charge is 2.55. The molecule has 130 valence electrons. The van der Waals surface area contributed by atoms with Gasteiger partial charge in [-0.2, -0.15) is 0 Å². The number of amides is 4. The molecule has 2 fully saturated rings. The smallest absolute Gasteiger partial charge is 0.327 e. The van der Waals surface area contributed by atoms with Crippen LogP contribution in [0.4, 0.5) is 4.79 Å². The first-order valence-corrected chi connectivity index (χ1v) is 8.38. The first-order valence-electron chi connectivity index (χ1n) is 8.38. The average molecular weight is 333 g/mol. The van der Waals surface area contributed by atoms with Gasteiger partial charge >= 0.3 is 6.03 Å². The Labute approximate surface area is 141 Å². The highest BCUT2D eigenvalue weighted by Crippen LogP contribution is 2.39. The van der Waals surface area contributed by atoms with E-state index in [1.54, 1.807) is 26.1 Å². The minimum absolute atomic E-state index is 0.240. The van der Waals surface area contributed by atoms with E-state index in [2.05, 4.69) is 5.32 Å². The van der Waals surface area contributed by atoms with E-state index in [0.717, 1.165) is 24.2 Å². The minimum Gasteiger partial charge on any atom is -0.467 e. The monoisotopic (exact) mass is 333 g/mol. The van der Waals surface area contributed by atoms with Crippen LogP contribution in [0.25, 0.3) is 0 Å². The van der Waals surface area contributed by atoms with Crippen LogP contribution in [-0.4, -0.2) is 46.8 Å². The van der Waals surface area contributed by atoms with Crippen LogP contribution in [0.1, 0.15) is 50.8 Å². The van der Waals surface area contributed by atoms with Gasteiger partial charge < -0.3 is 14.6 Å². The maximum Gasteiger partial charge on any atom is 0.327 e. The standard InChI is InChI=1S/C17H23N3O4/c1-12(13-7-6-10-24-13)18-14(21)11-20-15(22)17(19(2)16(20)23)8-4-3-5-9-17/h6-7,10,12H,3-5,8-9,11H2,1-2H3,(H,18,21). The summed E-state index contributed by atoms with van der Waals surface area (Å²) in [4.78, 5) is 40.2. The number of carbonyl (C=O) groups is 3. The fourth-order valence-corrected chi connectivity index (χ4v) is 3.71. The molecule has 1 aromatic rings. The Hall–Kier alpha value is -2.31. The molecular formula is C17H23N3O4. The predicted molar refractivity (Wildman–Crippen MR) is 86.0 cm³/mol. The van der Waals surface area contributed by atoms with Crippen LogP contribution in [-0.2, 0) is 9.59 Å². The molecule has 1 unspecified atom stereocenters. The molecule has 1 aliphatic heterocycles. The molecule has 2 heterocycles. The summed E-state index contributed by atoms with van der Waals surface area (Å²) in [5.41, 5.74) is -0.748. The van der Waals surface area contributed by atoms with Gasteiger partial charge in [0.05, 0.1) is 12.3 Å². The van der Waals surface area contributed by atoms with E-state index >= 15 is 0 Å². The van der Waals surface area contributed by atoms with Gasteiger partial charge in [-0.3, -0.25) is 14.5 Å². The van der Waals surface area contributed by atoms with Crippen molar-refractivity contribution in [3.63, 3.8) is 0 Å². The highest BCUT2D eigenvalue weighted by molar-refractivity contribution is 6.08. The molecule has 1 spiro atoms. The third kappa shape index (κ3) is 2.68. The van der Waals surface area contributed by atoms with E-state index in [0.29, 0.717) is 18.6 Å². The van der Waals surface area contributed by atoms with Gasteiger partial charge in [0.25, 0.3) is 5.91 Å². The second-order valence-corrected chi connectivity index (χ2v) is 6.63. The van der Waals surface area contributed by atoms with Crippen molar-refractivity contribution in [3.05, 3.63) is 24.2 Å².